The van der Waals surface area contributed by atoms with Crippen molar-refractivity contribution in [3.63, 3.8) is 0 Å². The molecule has 2 aromatic carbocycles. The second-order valence-corrected chi connectivity index (χ2v) is 7.86. The summed E-state index contributed by atoms with van der Waals surface area (Å²) in [5.41, 5.74) is 1.34. The van der Waals surface area contributed by atoms with E-state index in [0.717, 1.165) is 5.56 Å². The molecular weight excluding hydrogens is 445 g/mol. The molecule has 0 saturated heterocycles. The summed E-state index contributed by atoms with van der Waals surface area (Å²) in [5.74, 6) is 0.607. The number of thioether (sulfide) groups is 1. The maximum atomic E-state index is 13.0. The van der Waals surface area contributed by atoms with Gasteiger partial charge in [0.2, 0.25) is 5.78 Å². The molecule has 0 bridgehead atoms. The van der Waals surface area contributed by atoms with Crippen LogP contribution in [0.1, 0.15) is 12.0 Å². The van der Waals surface area contributed by atoms with E-state index in [1.807, 2.05) is 16.5 Å². The van der Waals surface area contributed by atoms with Crippen molar-refractivity contribution in [1.82, 2.24) is 19.2 Å². The standard InChI is InChI=1S/C21H19F3N4O3S/c1-30-12-4-11-27-18(29)16-5-2-3-6-17(16)28-19(27)25-26-20(28)32-13-14-7-9-15(10-8-14)31-21(22,23)24/h2-3,5-10H,4,11-13H2,1H3. The van der Waals surface area contributed by atoms with E-state index >= 15 is 0 Å². The van der Waals surface area contributed by atoms with Crippen LogP contribution in [0.25, 0.3) is 16.7 Å². The first-order chi connectivity index (χ1) is 15.4. The molecule has 0 aliphatic carbocycles. The largest absolute Gasteiger partial charge is 0.573 e. The van der Waals surface area contributed by atoms with Crippen molar-refractivity contribution >= 4 is 28.4 Å². The van der Waals surface area contributed by atoms with Crippen molar-refractivity contribution in [2.75, 3.05) is 13.7 Å². The normalized spacial score (nSPS) is 12.0. The van der Waals surface area contributed by atoms with Gasteiger partial charge in [0, 0.05) is 26.0 Å². The lowest BCUT2D eigenvalue weighted by Gasteiger charge is -2.11. The number of benzene rings is 2. The van der Waals surface area contributed by atoms with Crippen LogP contribution >= 0.6 is 11.8 Å². The van der Waals surface area contributed by atoms with Gasteiger partial charge in [-0.25, -0.2) is 0 Å². The molecular formula is C21H19F3N4O3S. The van der Waals surface area contributed by atoms with Gasteiger partial charge in [0.1, 0.15) is 5.75 Å². The highest BCUT2D eigenvalue weighted by Crippen LogP contribution is 2.27. The van der Waals surface area contributed by atoms with Gasteiger partial charge >= 0.3 is 6.36 Å². The summed E-state index contributed by atoms with van der Waals surface area (Å²) in [6.45, 7) is 0.944. The SMILES string of the molecule is COCCCn1c(=O)c2ccccc2n2c(SCc3ccc(OC(F)(F)F)cc3)nnc12. The maximum Gasteiger partial charge on any atom is 0.573 e. The van der Waals surface area contributed by atoms with Crippen molar-refractivity contribution in [2.24, 2.45) is 0 Å². The molecule has 0 fully saturated rings. The Morgan fingerprint density at radius 3 is 2.53 bits per heavy atom. The van der Waals surface area contributed by atoms with Gasteiger partial charge in [-0.05, 0) is 36.2 Å². The molecule has 0 N–H and O–H groups in total. The van der Waals surface area contributed by atoms with Gasteiger partial charge in [-0.1, -0.05) is 36.0 Å². The molecule has 0 aliphatic heterocycles. The van der Waals surface area contributed by atoms with Crippen LogP contribution in [0.3, 0.4) is 0 Å². The number of fused-ring (bicyclic) bond motifs is 3. The molecule has 0 spiro atoms. The van der Waals surface area contributed by atoms with E-state index in [1.165, 1.54) is 23.9 Å². The average molecular weight is 464 g/mol. The third-order valence-electron chi connectivity index (χ3n) is 4.73. The Balaban J connectivity index is 1.64. The van der Waals surface area contributed by atoms with Gasteiger partial charge in [0.15, 0.2) is 5.16 Å². The third-order valence-corrected chi connectivity index (χ3v) is 5.73. The van der Waals surface area contributed by atoms with Crippen LogP contribution in [0.4, 0.5) is 13.2 Å². The van der Waals surface area contributed by atoms with E-state index in [2.05, 4.69) is 14.9 Å². The van der Waals surface area contributed by atoms with E-state index in [4.69, 9.17) is 4.74 Å². The van der Waals surface area contributed by atoms with Crippen molar-refractivity contribution < 1.29 is 22.6 Å². The first-order valence-corrected chi connectivity index (χ1v) is 10.7. The second kappa shape index (κ2) is 9.21. The number of para-hydroxylation sites is 1. The highest BCUT2D eigenvalue weighted by atomic mass is 32.2. The maximum absolute atomic E-state index is 13.0. The van der Waals surface area contributed by atoms with E-state index in [-0.39, 0.29) is 11.3 Å². The summed E-state index contributed by atoms with van der Waals surface area (Å²) in [7, 11) is 1.60. The molecule has 32 heavy (non-hydrogen) atoms. The number of halogens is 3. The molecule has 0 radical (unpaired) electrons. The lowest BCUT2D eigenvalue weighted by atomic mass is 10.2. The third kappa shape index (κ3) is 4.73. The van der Waals surface area contributed by atoms with Crippen LogP contribution in [-0.4, -0.2) is 39.2 Å². The highest BCUT2D eigenvalue weighted by molar-refractivity contribution is 7.98. The van der Waals surface area contributed by atoms with Crippen molar-refractivity contribution in [2.45, 2.75) is 30.2 Å². The summed E-state index contributed by atoms with van der Waals surface area (Å²) in [5, 5.41) is 9.64. The minimum atomic E-state index is -4.73. The molecule has 0 saturated carbocycles. The number of ether oxygens (including phenoxy) is 2. The monoisotopic (exact) mass is 464 g/mol. The molecule has 7 nitrogen and oxygen atoms in total. The van der Waals surface area contributed by atoms with Gasteiger partial charge < -0.3 is 9.47 Å². The zero-order valence-corrected chi connectivity index (χ0v) is 17.8. The van der Waals surface area contributed by atoms with Gasteiger partial charge in [-0.15, -0.1) is 23.4 Å². The van der Waals surface area contributed by atoms with Gasteiger partial charge in [-0.3, -0.25) is 13.8 Å². The van der Waals surface area contributed by atoms with Crippen LogP contribution in [0.5, 0.6) is 5.75 Å². The van der Waals surface area contributed by atoms with Crippen LogP contribution in [0.15, 0.2) is 58.5 Å². The smallest absolute Gasteiger partial charge is 0.406 e. The molecule has 4 rings (SSSR count). The number of aryl methyl sites for hydroxylation is 1. The minimum Gasteiger partial charge on any atom is -0.406 e. The van der Waals surface area contributed by atoms with Crippen molar-refractivity contribution in [1.29, 1.82) is 0 Å². The number of alkyl halides is 3. The molecule has 0 amide bonds. The van der Waals surface area contributed by atoms with Crippen LogP contribution in [-0.2, 0) is 17.0 Å². The molecule has 2 aromatic heterocycles. The molecule has 168 valence electrons. The number of hydrogen-bond donors (Lipinski definition) is 0. The molecule has 0 atom stereocenters. The number of nitrogens with zero attached hydrogens (tertiary/aromatic N) is 4. The van der Waals surface area contributed by atoms with E-state index in [1.54, 1.807) is 35.9 Å². The molecule has 0 unspecified atom stereocenters. The predicted molar refractivity (Wildman–Crippen MR) is 114 cm³/mol. The Morgan fingerprint density at radius 2 is 1.81 bits per heavy atom. The zero-order valence-electron chi connectivity index (χ0n) is 17.0. The second-order valence-electron chi connectivity index (χ2n) is 6.92. The molecule has 2 heterocycles. The fourth-order valence-corrected chi connectivity index (χ4v) is 4.23. The van der Waals surface area contributed by atoms with Gasteiger partial charge in [0.25, 0.3) is 5.56 Å². The van der Waals surface area contributed by atoms with Gasteiger partial charge in [0.05, 0.1) is 10.9 Å². The lowest BCUT2D eigenvalue weighted by Crippen LogP contribution is -2.24. The Hall–Kier alpha value is -3.05. The Morgan fingerprint density at radius 1 is 1.06 bits per heavy atom. The molecule has 0 aliphatic rings. The van der Waals surface area contributed by atoms with Crippen LogP contribution < -0.4 is 10.3 Å². The Kier molecular flexibility index (Phi) is 6.38. The zero-order chi connectivity index (χ0) is 22.7. The summed E-state index contributed by atoms with van der Waals surface area (Å²) in [6.07, 6.45) is -4.08. The van der Waals surface area contributed by atoms with Gasteiger partial charge in [-0.2, -0.15) is 0 Å². The number of aromatic nitrogens is 4. The summed E-state index contributed by atoms with van der Waals surface area (Å²) < 4.78 is 49.4. The van der Waals surface area contributed by atoms with Crippen LogP contribution in [0, 0.1) is 0 Å². The number of hydrogen-bond acceptors (Lipinski definition) is 6. The highest BCUT2D eigenvalue weighted by Gasteiger charge is 2.31. The quantitative estimate of drug-likeness (QED) is 0.287. The molecule has 11 heteroatoms. The average Bonchev–Trinajstić information content (AvgIpc) is 3.18. The minimum absolute atomic E-state index is 0.145. The summed E-state index contributed by atoms with van der Waals surface area (Å²) in [4.78, 5) is 13.0. The van der Waals surface area contributed by atoms with E-state index in [9.17, 15) is 18.0 Å². The predicted octanol–water partition coefficient (Wildman–Crippen LogP) is 4.27. The lowest BCUT2D eigenvalue weighted by molar-refractivity contribution is -0.274. The summed E-state index contributed by atoms with van der Waals surface area (Å²) in [6, 6.07) is 12.9. The first-order valence-electron chi connectivity index (χ1n) is 9.70. The number of methoxy groups -OCH3 is 1. The molecule has 4 aromatic rings. The van der Waals surface area contributed by atoms with Crippen LogP contribution in [0.2, 0.25) is 0 Å². The topological polar surface area (TPSA) is 70.7 Å². The fraction of sp³-hybridized carbons (Fsp3) is 0.286. The Labute approximate surface area is 184 Å². The van der Waals surface area contributed by atoms with Crippen molar-refractivity contribution in [3.05, 3.63) is 64.4 Å². The van der Waals surface area contributed by atoms with Crippen molar-refractivity contribution in [3.8, 4) is 5.75 Å². The fourth-order valence-electron chi connectivity index (χ4n) is 3.33. The van der Waals surface area contributed by atoms with E-state index < -0.39 is 6.36 Å². The first kappa shape index (κ1) is 22.2. The van der Waals surface area contributed by atoms with E-state index in [0.29, 0.717) is 47.2 Å². The Bertz CT molecular complexity index is 1290. The summed E-state index contributed by atoms with van der Waals surface area (Å²) >= 11 is 1.37. The number of rotatable bonds is 8.